The molecular weight excluding hydrogens is 156 g/mol. The third-order valence-corrected chi connectivity index (χ3v) is 2.56. The van der Waals surface area contributed by atoms with Gasteiger partial charge in [-0.3, -0.25) is 0 Å². The first kappa shape index (κ1) is 8.68. The zero-order chi connectivity index (χ0) is 8.27. The van der Waals surface area contributed by atoms with Crippen LogP contribution in [0.1, 0.15) is 16.8 Å². The van der Waals surface area contributed by atoms with E-state index in [1.807, 2.05) is 13.1 Å². The first-order valence-electron chi connectivity index (χ1n) is 3.83. The highest BCUT2D eigenvalue weighted by atomic mass is 32.1. The van der Waals surface area contributed by atoms with Gasteiger partial charge >= 0.3 is 0 Å². The van der Waals surface area contributed by atoms with Crippen molar-refractivity contribution in [1.82, 2.24) is 4.98 Å². The van der Waals surface area contributed by atoms with Gasteiger partial charge in [0.15, 0.2) is 0 Å². The molecule has 62 valence electrons. The van der Waals surface area contributed by atoms with Gasteiger partial charge in [-0.05, 0) is 25.8 Å². The Hall–Kier alpha value is -0.410. The van der Waals surface area contributed by atoms with Crippen LogP contribution in [0.4, 0.5) is 0 Å². The predicted octanol–water partition coefficient (Wildman–Crippen LogP) is 1.59. The molecule has 0 aliphatic heterocycles. The van der Waals surface area contributed by atoms with E-state index in [1.165, 1.54) is 4.88 Å². The highest BCUT2D eigenvalue weighted by Crippen LogP contribution is 2.15. The lowest BCUT2D eigenvalue weighted by Gasteiger charge is -2.03. The van der Waals surface area contributed by atoms with E-state index in [0.717, 1.165) is 18.0 Å². The zero-order valence-electron chi connectivity index (χ0n) is 7.00. The fourth-order valence-electron chi connectivity index (χ4n) is 0.926. The van der Waals surface area contributed by atoms with Crippen LogP contribution in [0, 0.1) is 12.8 Å². The fraction of sp³-hybridized carbons (Fsp3) is 0.625. The molecule has 1 rings (SSSR count). The lowest BCUT2D eigenvalue weighted by Crippen LogP contribution is -2.12. The lowest BCUT2D eigenvalue weighted by molar-refractivity contribution is 0.598. The lowest BCUT2D eigenvalue weighted by atomic mass is 10.1. The Labute approximate surface area is 71.5 Å². The molecule has 0 aromatic carbocycles. The highest BCUT2D eigenvalue weighted by Gasteiger charge is 2.03. The normalized spacial score (nSPS) is 13.4. The molecule has 0 saturated carbocycles. The van der Waals surface area contributed by atoms with Crippen LogP contribution >= 0.6 is 11.3 Å². The maximum absolute atomic E-state index is 5.51. The smallest absolute Gasteiger partial charge is 0.0896 e. The third kappa shape index (κ3) is 2.60. The molecule has 0 radical (unpaired) electrons. The molecule has 11 heavy (non-hydrogen) atoms. The van der Waals surface area contributed by atoms with Gasteiger partial charge in [0.1, 0.15) is 0 Å². The number of aryl methyl sites for hydroxylation is 1. The van der Waals surface area contributed by atoms with Crippen molar-refractivity contribution >= 4 is 11.3 Å². The summed E-state index contributed by atoms with van der Waals surface area (Å²) >= 11 is 1.76. The molecule has 0 amide bonds. The summed E-state index contributed by atoms with van der Waals surface area (Å²) in [6, 6.07) is 0. The maximum atomic E-state index is 5.51. The summed E-state index contributed by atoms with van der Waals surface area (Å²) in [5.41, 5.74) is 5.51. The van der Waals surface area contributed by atoms with Crippen LogP contribution in [0.5, 0.6) is 0 Å². The van der Waals surface area contributed by atoms with Crippen molar-refractivity contribution in [2.45, 2.75) is 20.3 Å². The number of aromatic nitrogens is 1. The van der Waals surface area contributed by atoms with Crippen LogP contribution in [0.3, 0.4) is 0 Å². The number of nitrogens with zero attached hydrogens (tertiary/aromatic N) is 1. The maximum Gasteiger partial charge on any atom is 0.0896 e. The van der Waals surface area contributed by atoms with E-state index in [0.29, 0.717) is 5.92 Å². The quantitative estimate of drug-likeness (QED) is 0.748. The summed E-state index contributed by atoms with van der Waals surface area (Å²) in [5, 5.41) is 1.14. The number of thiazole rings is 1. The summed E-state index contributed by atoms with van der Waals surface area (Å²) < 4.78 is 0. The molecule has 0 spiro atoms. The minimum Gasteiger partial charge on any atom is -0.330 e. The van der Waals surface area contributed by atoms with Crippen molar-refractivity contribution in [3.05, 3.63) is 16.1 Å². The van der Waals surface area contributed by atoms with Gasteiger partial charge in [-0.1, -0.05) is 6.92 Å². The highest BCUT2D eigenvalue weighted by molar-refractivity contribution is 7.11. The Morgan fingerprint density at radius 1 is 1.73 bits per heavy atom. The molecule has 2 nitrogen and oxygen atoms in total. The molecule has 0 aliphatic rings. The summed E-state index contributed by atoms with van der Waals surface area (Å²) in [6.07, 6.45) is 3.02. The molecule has 0 bridgehead atoms. The van der Waals surface area contributed by atoms with Gasteiger partial charge in [0.25, 0.3) is 0 Å². The van der Waals surface area contributed by atoms with Gasteiger partial charge in [-0.15, -0.1) is 11.3 Å². The molecule has 1 unspecified atom stereocenters. The van der Waals surface area contributed by atoms with Crippen LogP contribution in [-0.2, 0) is 6.42 Å². The van der Waals surface area contributed by atoms with Crippen molar-refractivity contribution in [2.75, 3.05) is 6.54 Å². The second-order valence-electron chi connectivity index (χ2n) is 2.89. The molecule has 3 heteroatoms. The minimum absolute atomic E-state index is 0.579. The van der Waals surface area contributed by atoms with Gasteiger partial charge < -0.3 is 5.73 Å². The Balaban J connectivity index is 2.50. The van der Waals surface area contributed by atoms with E-state index in [9.17, 15) is 0 Å². The van der Waals surface area contributed by atoms with Crippen molar-refractivity contribution < 1.29 is 0 Å². The SMILES string of the molecule is Cc1ncc(CC(C)CN)s1. The molecule has 0 fully saturated rings. The third-order valence-electron chi connectivity index (χ3n) is 1.62. The van der Waals surface area contributed by atoms with E-state index >= 15 is 0 Å². The average Bonchev–Trinajstić information content (AvgIpc) is 2.35. The van der Waals surface area contributed by atoms with E-state index in [-0.39, 0.29) is 0 Å². The van der Waals surface area contributed by atoms with Gasteiger partial charge in [0.2, 0.25) is 0 Å². The van der Waals surface area contributed by atoms with E-state index in [1.54, 1.807) is 11.3 Å². The molecule has 1 atom stereocenters. The van der Waals surface area contributed by atoms with E-state index in [2.05, 4.69) is 11.9 Å². The Bertz CT molecular complexity index is 220. The van der Waals surface area contributed by atoms with Gasteiger partial charge in [0, 0.05) is 11.1 Å². The van der Waals surface area contributed by atoms with Crippen molar-refractivity contribution in [2.24, 2.45) is 11.7 Å². The van der Waals surface area contributed by atoms with Crippen molar-refractivity contribution in [3.63, 3.8) is 0 Å². The topological polar surface area (TPSA) is 38.9 Å². The summed E-state index contributed by atoms with van der Waals surface area (Å²) in [7, 11) is 0. The van der Waals surface area contributed by atoms with Crippen LogP contribution < -0.4 is 5.73 Å². The predicted molar refractivity (Wildman–Crippen MR) is 48.8 cm³/mol. The molecule has 2 N–H and O–H groups in total. The van der Waals surface area contributed by atoms with Gasteiger partial charge in [-0.25, -0.2) is 4.98 Å². The van der Waals surface area contributed by atoms with E-state index < -0.39 is 0 Å². The van der Waals surface area contributed by atoms with Gasteiger partial charge in [-0.2, -0.15) is 0 Å². The number of hydrogen-bond acceptors (Lipinski definition) is 3. The van der Waals surface area contributed by atoms with E-state index in [4.69, 9.17) is 5.73 Å². The monoisotopic (exact) mass is 170 g/mol. The Morgan fingerprint density at radius 2 is 2.45 bits per heavy atom. The molecule has 0 saturated heterocycles. The summed E-state index contributed by atoms with van der Waals surface area (Å²) in [4.78, 5) is 5.53. The molecule has 1 heterocycles. The second kappa shape index (κ2) is 3.83. The van der Waals surface area contributed by atoms with Crippen LogP contribution in [-0.4, -0.2) is 11.5 Å². The van der Waals surface area contributed by atoms with Crippen molar-refractivity contribution in [3.8, 4) is 0 Å². The molecule has 0 aliphatic carbocycles. The number of nitrogens with two attached hydrogens (primary N) is 1. The second-order valence-corrected chi connectivity index (χ2v) is 4.21. The minimum atomic E-state index is 0.579. The number of hydrogen-bond donors (Lipinski definition) is 1. The molecule has 1 aromatic heterocycles. The van der Waals surface area contributed by atoms with Crippen LogP contribution in [0.2, 0.25) is 0 Å². The van der Waals surface area contributed by atoms with Gasteiger partial charge in [0.05, 0.1) is 5.01 Å². The van der Waals surface area contributed by atoms with Crippen molar-refractivity contribution in [1.29, 1.82) is 0 Å². The summed E-state index contributed by atoms with van der Waals surface area (Å²) in [5.74, 6) is 0.579. The standard InChI is InChI=1S/C8H14N2S/c1-6(4-9)3-8-5-10-7(2)11-8/h5-6H,3-4,9H2,1-2H3. The average molecular weight is 170 g/mol. The van der Waals surface area contributed by atoms with Crippen LogP contribution in [0.15, 0.2) is 6.20 Å². The first-order valence-corrected chi connectivity index (χ1v) is 4.65. The largest absolute Gasteiger partial charge is 0.330 e. The first-order chi connectivity index (χ1) is 5.22. The Morgan fingerprint density at radius 3 is 2.91 bits per heavy atom. The molecular formula is C8H14N2S. The fourth-order valence-corrected chi connectivity index (χ4v) is 1.88. The summed E-state index contributed by atoms with van der Waals surface area (Å²) in [6.45, 7) is 4.95. The Kier molecular flexibility index (Phi) is 3.02. The zero-order valence-corrected chi connectivity index (χ0v) is 7.82. The van der Waals surface area contributed by atoms with Crippen LogP contribution in [0.25, 0.3) is 0 Å². The number of rotatable bonds is 3. The molecule has 1 aromatic rings.